The zero-order chi connectivity index (χ0) is 15.5. The first-order valence-corrected chi connectivity index (χ1v) is 6.68. The van der Waals surface area contributed by atoms with E-state index in [4.69, 9.17) is 0 Å². The molecular weight excluding hydrogens is 283 g/mol. The van der Waals surface area contributed by atoms with Gasteiger partial charge in [-0.05, 0) is 49.4 Å². The van der Waals surface area contributed by atoms with Crippen molar-refractivity contribution >= 4 is 11.6 Å². The molecule has 3 rings (SSSR count). The molecule has 0 fully saturated rings. The highest BCUT2D eigenvalue weighted by atomic mass is 19.1. The normalized spacial score (nSPS) is 10.5. The molecule has 2 heterocycles. The Bertz CT molecular complexity index is 811. The van der Waals surface area contributed by atoms with E-state index in [2.05, 4.69) is 20.5 Å². The number of H-pyrrole nitrogens is 1. The second-order valence-corrected chi connectivity index (χ2v) is 4.76. The van der Waals surface area contributed by atoms with Crippen LogP contribution in [0.2, 0.25) is 0 Å². The number of benzene rings is 1. The Morgan fingerprint density at radius 1 is 1.23 bits per heavy atom. The summed E-state index contributed by atoms with van der Waals surface area (Å²) in [5, 5.41) is 9.53. The first-order chi connectivity index (χ1) is 10.6. The molecule has 1 aromatic carbocycles. The largest absolute Gasteiger partial charge is 0.319 e. The van der Waals surface area contributed by atoms with Crippen molar-refractivity contribution in [3.63, 3.8) is 0 Å². The number of halogens is 1. The summed E-state index contributed by atoms with van der Waals surface area (Å²) in [6.45, 7) is 1.81. The summed E-state index contributed by atoms with van der Waals surface area (Å²) >= 11 is 0. The lowest BCUT2D eigenvalue weighted by Crippen LogP contribution is -2.13. The molecule has 0 aliphatic rings. The van der Waals surface area contributed by atoms with E-state index in [1.54, 1.807) is 36.5 Å². The van der Waals surface area contributed by atoms with Gasteiger partial charge in [0.25, 0.3) is 5.91 Å². The van der Waals surface area contributed by atoms with E-state index in [0.717, 1.165) is 11.3 Å². The van der Waals surface area contributed by atoms with Gasteiger partial charge in [0.15, 0.2) is 0 Å². The topological polar surface area (TPSA) is 70.7 Å². The van der Waals surface area contributed by atoms with Gasteiger partial charge < -0.3 is 5.32 Å². The maximum atomic E-state index is 12.9. The van der Waals surface area contributed by atoms with Gasteiger partial charge in [0, 0.05) is 11.8 Å². The second kappa shape index (κ2) is 5.77. The number of aryl methyl sites for hydroxylation is 1. The predicted octanol–water partition coefficient (Wildman–Crippen LogP) is 3.17. The Kier molecular flexibility index (Phi) is 3.65. The molecule has 0 radical (unpaired) electrons. The molecule has 22 heavy (non-hydrogen) atoms. The van der Waals surface area contributed by atoms with Gasteiger partial charge >= 0.3 is 0 Å². The third-order valence-corrected chi connectivity index (χ3v) is 3.22. The number of hydrogen-bond donors (Lipinski definition) is 2. The summed E-state index contributed by atoms with van der Waals surface area (Å²) in [4.78, 5) is 16.3. The molecule has 0 atom stereocenters. The smallest absolute Gasteiger partial charge is 0.273 e. The van der Waals surface area contributed by atoms with Gasteiger partial charge in [0.05, 0.1) is 17.1 Å². The molecule has 0 aliphatic heterocycles. The van der Waals surface area contributed by atoms with Crippen molar-refractivity contribution in [2.45, 2.75) is 6.92 Å². The third kappa shape index (κ3) is 2.85. The highest BCUT2D eigenvalue weighted by Gasteiger charge is 2.12. The van der Waals surface area contributed by atoms with Gasteiger partial charge in [0.1, 0.15) is 11.5 Å². The van der Waals surface area contributed by atoms with Crippen LogP contribution in [0.1, 0.15) is 16.2 Å². The number of carbonyl (C=O) groups is 1. The zero-order valence-electron chi connectivity index (χ0n) is 11.8. The number of nitrogens with zero attached hydrogens (tertiary/aromatic N) is 2. The number of hydrogen-bond acceptors (Lipinski definition) is 3. The Labute approximate surface area is 126 Å². The minimum absolute atomic E-state index is 0.308. The lowest BCUT2D eigenvalue weighted by molar-refractivity contribution is 0.102. The quantitative estimate of drug-likeness (QED) is 0.780. The van der Waals surface area contributed by atoms with Gasteiger partial charge in [-0.25, -0.2) is 4.39 Å². The summed E-state index contributed by atoms with van der Waals surface area (Å²) < 4.78 is 12.9. The molecular formula is C16H13FN4O. The zero-order valence-corrected chi connectivity index (χ0v) is 11.8. The molecule has 6 heteroatoms. The minimum Gasteiger partial charge on any atom is -0.319 e. The highest BCUT2D eigenvalue weighted by Crippen LogP contribution is 2.19. The van der Waals surface area contributed by atoms with Crippen LogP contribution in [0.4, 0.5) is 10.1 Å². The minimum atomic E-state index is -0.315. The van der Waals surface area contributed by atoms with Crippen LogP contribution in [-0.4, -0.2) is 21.1 Å². The van der Waals surface area contributed by atoms with Crippen molar-refractivity contribution in [3.8, 4) is 11.3 Å². The highest BCUT2D eigenvalue weighted by molar-refractivity contribution is 6.03. The lowest BCUT2D eigenvalue weighted by atomic mass is 10.1. The Morgan fingerprint density at radius 2 is 2.00 bits per heavy atom. The van der Waals surface area contributed by atoms with Crippen molar-refractivity contribution in [1.82, 2.24) is 15.2 Å². The number of aromatic amines is 1. The molecule has 2 N–H and O–H groups in total. The fourth-order valence-corrected chi connectivity index (χ4v) is 2.01. The van der Waals surface area contributed by atoms with E-state index >= 15 is 0 Å². The van der Waals surface area contributed by atoms with Gasteiger partial charge in [-0.3, -0.25) is 14.9 Å². The van der Waals surface area contributed by atoms with Crippen molar-refractivity contribution in [2.24, 2.45) is 0 Å². The van der Waals surface area contributed by atoms with Gasteiger partial charge in [0.2, 0.25) is 0 Å². The first-order valence-electron chi connectivity index (χ1n) is 6.68. The summed E-state index contributed by atoms with van der Waals surface area (Å²) in [6.07, 6.45) is 1.66. The van der Waals surface area contributed by atoms with Gasteiger partial charge in [-0.15, -0.1) is 0 Å². The molecule has 3 aromatic rings. The molecule has 5 nitrogen and oxygen atoms in total. The van der Waals surface area contributed by atoms with E-state index in [1.807, 2.05) is 6.92 Å². The van der Waals surface area contributed by atoms with Crippen LogP contribution in [-0.2, 0) is 0 Å². The average molecular weight is 296 g/mol. The van der Waals surface area contributed by atoms with E-state index in [0.29, 0.717) is 17.1 Å². The predicted molar refractivity (Wildman–Crippen MR) is 80.9 cm³/mol. The van der Waals surface area contributed by atoms with Crippen molar-refractivity contribution in [2.75, 3.05) is 5.32 Å². The fraction of sp³-hybridized carbons (Fsp3) is 0.0625. The van der Waals surface area contributed by atoms with Crippen LogP contribution in [0, 0.1) is 12.7 Å². The summed E-state index contributed by atoms with van der Waals surface area (Å²) in [5.74, 6) is -0.624. The summed E-state index contributed by atoms with van der Waals surface area (Å²) in [5.41, 5.74) is 3.00. The number of aromatic nitrogens is 3. The molecule has 0 bridgehead atoms. The van der Waals surface area contributed by atoms with E-state index in [9.17, 15) is 9.18 Å². The molecule has 0 saturated carbocycles. The summed E-state index contributed by atoms with van der Waals surface area (Å²) in [6, 6.07) is 11.1. The fourth-order valence-electron chi connectivity index (χ4n) is 2.01. The van der Waals surface area contributed by atoms with E-state index in [1.165, 1.54) is 12.1 Å². The van der Waals surface area contributed by atoms with Crippen LogP contribution in [0.25, 0.3) is 11.3 Å². The van der Waals surface area contributed by atoms with Crippen LogP contribution in [0.15, 0.2) is 48.7 Å². The van der Waals surface area contributed by atoms with Crippen molar-refractivity contribution in [3.05, 3.63) is 65.9 Å². The standard InChI is InChI=1S/C16H13FN4O/c1-10-13(3-2-8-18-10)19-16(22)15-9-14(20-21-15)11-4-6-12(17)7-5-11/h2-9H,1H3,(H,19,22)(H,20,21). The van der Waals surface area contributed by atoms with Crippen molar-refractivity contribution in [1.29, 1.82) is 0 Å². The number of nitrogens with one attached hydrogen (secondary N) is 2. The molecule has 0 aliphatic carbocycles. The summed E-state index contributed by atoms with van der Waals surface area (Å²) in [7, 11) is 0. The van der Waals surface area contributed by atoms with E-state index < -0.39 is 0 Å². The molecule has 1 amide bonds. The van der Waals surface area contributed by atoms with E-state index in [-0.39, 0.29) is 11.7 Å². The molecule has 2 aromatic heterocycles. The number of amides is 1. The molecule has 0 unspecified atom stereocenters. The maximum absolute atomic E-state index is 12.9. The van der Waals surface area contributed by atoms with Crippen LogP contribution < -0.4 is 5.32 Å². The second-order valence-electron chi connectivity index (χ2n) is 4.76. The third-order valence-electron chi connectivity index (χ3n) is 3.22. The van der Waals surface area contributed by atoms with Crippen molar-refractivity contribution < 1.29 is 9.18 Å². The van der Waals surface area contributed by atoms with Crippen LogP contribution in [0.5, 0.6) is 0 Å². The lowest BCUT2D eigenvalue weighted by Gasteiger charge is -2.05. The molecule has 0 spiro atoms. The van der Waals surface area contributed by atoms with Crippen LogP contribution in [0.3, 0.4) is 0 Å². The van der Waals surface area contributed by atoms with Crippen LogP contribution >= 0.6 is 0 Å². The Morgan fingerprint density at radius 3 is 2.73 bits per heavy atom. The maximum Gasteiger partial charge on any atom is 0.273 e. The Hall–Kier alpha value is -3.02. The van der Waals surface area contributed by atoms with Gasteiger partial charge in [-0.1, -0.05) is 0 Å². The monoisotopic (exact) mass is 296 g/mol. The number of pyridine rings is 1. The van der Waals surface area contributed by atoms with Gasteiger partial charge in [-0.2, -0.15) is 5.10 Å². The average Bonchev–Trinajstić information content (AvgIpc) is 3.00. The molecule has 110 valence electrons. The SMILES string of the molecule is Cc1ncccc1NC(=O)c1cc(-c2ccc(F)cc2)n[nH]1. The molecule has 0 saturated heterocycles. The number of carbonyl (C=O) groups excluding carboxylic acids is 1. The Balaban J connectivity index is 1.80. The first kappa shape index (κ1) is 13.9. The number of rotatable bonds is 3. The number of anilines is 1.